The molecular weight excluding hydrogens is 245 g/mol. The van der Waals surface area contributed by atoms with Crippen molar-refractivity contribution in [1.82, 2.24) is 10.1 Å². The third kappa shape index (κ3) is 2.81. The molecule has 17 heavy (non-hydrogen) atoms. The molecule has 0 saturated carbocycles. The van der Waals surface area contributed by atoms with Gasteiger partial charge in [-0.25, -0.2) is 4.39 Å². The molecule has 2 rings (SSSR count). The minimum atomic E-state index is -0.481. The highest BCUT2D eigenvalue weighted by atomic mass is 35.5. The second-order valence-electron chi connectivity index (χ2n) is 3.83. The quantitative estimate of drug-likeness (QED) is 0.915. The molecule has 1 aromatic heterocycles. The van der Waals surface area contributed by atoms with Gasteiger partial charge < -0.3 is 10.3 Å². The Morgan fingerprint density at radius 3 is 2.94 bits per heavy atom. The number of benzene rings is 1. The van der Waals surface area contributed by atoms with Crippen LogP contribution in [0.15, 0.2) is 22.7 Å². The van der Waals surface area contributed by atoms with Crippen molar-refractivity contribution in [2.24, 2.45) is 5.73 Å². The highest BCUT2D eigenvalue weighted by Gasteiger charge is 2.11. The van der Waals surface area contributed by atoms with Crippen molar-refractivity contribution in [2.45, 2.75) is 19.4 Å². The average Bonchev–Trinajstić information content (AvgIpc) is 2.69. The third-order valence-corrected chi connectivity index (χ3v) is 2.43. The standard InChI is InChI=1S/C11H11ClFN3O/c1-6(14)4-10-15-11(17-16-10)7-2-3-9(13)8(12)5-7/h2-3,5-6H,4,14H2,1H3. The van der Waals surface area contributed by atoms with Crippen LogP contribution in [-0.2, 0) is 6.42 Å². The zero-order valence-corrected chi connectivity index (χ0v) is 9.91. The van der Waals surface area contributed by atoms with Crippen LogP contribution in [0.4, 0.5) is 4.39 Å². The molecule has 2 N–H and O–H groups in total. The molecule has 1 atom stereocenters. The van der Waals surface area contributed by atoms with Crippen LogP contribution in [0, 0.1) is 5.82 Å². The summed E-state index contributed by atoms with van der Waals surface area (Å²) in [5, 5.41) is 3.80. The lowest BCUT2D eigenvalue weighted by atomic mass is 10.2. The Balaban J connectivity index is 2.27. The zero-order chi connectivity index (χ0) is 12.4. The maximum atomic E-state index is 13.0. The largest absolute Gasteiger partial charge is 0.334 e. The van der Waals surface area contributed by atoms with Crippen LogP contribution in [0.25, 0.3) is 11.5 Å². The molecule has 0 aliphatic rings. The fraction of sp³-hybridized carbons (Fsp3) is 0.273. The van der Waals surface area contributed by atoms with Crippen molar-refractivity contribution >= 4 is 11.6 Å². The van der Waals surface area contributed by atoms with Crippen molar-refractivity contribution < 1.29 is 8.91 Å². The number of hydrogen-bond donors (Lipinski definition) is 1. The Labute approximate surface area is 103 Å². The fourth-order valence-electron chi connectivity index (χ4n) is 1.37. The number of aromatic nitrogens is 2. The second kappa shape index (κ2) is 4.81. The average molecular weight is 256 g/mol. The first kappa shape index (κ1) is 12.0. The minimum Gasteiger partial charge on any atom is -0.334 e. The van der Waals surface area contributed by atoms with Crippen LogP contribution in [0.3, 0.4) is 0 Å². The lowest BCUT2D eigenvalue weighted by molar-refractivity contribution is 0.420. The molecule has 6 heteroatoms. The number of hydrogen-bond acceptors (Lipinski definition) is 4. The summed E-state index contributed by atoms with van der Waals surface area (Å²) in [5.41, 5.74) is 6.21. The van der Waals surface area contributed by atoms with E-state index < -0.39 is 5.82 Å². The number of rotatable bonds is 3. The summed E-state index contributed by atoms with van der Waals surface area (Å²) in [4.78, 5) is 4.15. The van der Waals surface area contributed by atoms with E-state index in [4.69, 9.17) is 21.9 Å². The monoisotopic (exact) mass is 255 g/mol. The van der Waals surface area contributed by atoms with Gasteiger partial charge in [0, 0.05) is 18.0 Å². The second-order valence-corrected chi connectivity index (χ2v) is 4.23. The first-order chi connectivity index (χ1) is 8.06. The molecule has 4 nitrogen and oxygen atoms in total. The normalized spacial score (nSPS) is 12.7. The third-order valence-electron chi connectivity index (χ3n) is 2.14. The molecular formula is C11H11ClFN3O. The van der Waals surface area contributed by atoms with E-state index in [1.54, 1.807) is 0 Å². The summed E-state index contributed by atoms with van der Waals surface area (Å²) in [7, 11) is 0. The molecule has 1 aromatic carbocycles. The van der Waals surface area contributed by atoms with Gasteiger partial charge in [0.2, 0.25) is 0 Å². The summed E-state index contributed by atoms with van der Waals surface area (Å²) in [6.07, 6.45) is 0.526. The number of halogens is 2. The van der Waals surface area contributed by atoms with Gasteiger partial charge in [0.05, 0.1) is 5.02 Å². The van der Waals surface area contributed by atoms with Crippen LogP contribution in [0.1, 0.15) is 12.7 Å². The van der Waals surface area contributed by atoms with E-state index in [2.05, 4.69) is 10.1 Å². The fourth-order valence-corrected chi connectivity index (χ4v) is 1.55. The molecule has 0 spiro atoms. The minimum absolute atomic E-state index is 0.0226. The lowest BCUT2D eigenvalue weighted by Crippen LogP contribution is -2.18. The van der Waals surface area contributed by atoms with Crippen molar-refractivity contribution in [2.75, 3.05) is 0 Å². The molecule has 1 heterocycles. The molecule has 1 unspecified atom stereocenters. The first-order valence-electron chi connectivity index (χ1n) is 5.10. The number of nitrogens with zero attached hydrogens (tertiary/aromatic N) is 2. The van der Waals surface area contributed by atoms with Crippen LogP contribution in [-0.4, -0.2) is 16.2 Å². The van der Waals surface area contributed by atoms with Crippen molar-refractivity contribution in [1.29, 1.82) is 0 Å². The van der Waals surface area contributed by atoms with Crippen LogP contribution in [0.5, 0.6) is 0 Å². The summed E-state index contributed by atoms with van der Waals surface area (Å²) in [5.74, 6) is 0.351. The van der Waals surface area contributed by atoms with Gasteiger partial charge in [-0.3, -0.25) is 0 Å². The van der Waals surface area contributed by atoms with E-state index in [0.717, 1.165) is 0 Å². The van der Waals surface area contributed by atoms with E-state index in [9.17, 15) is 4.39 Å². The van der Waals surface area contributed by atoms with Gasteiger partial charge in [0.1, 0.15) is 5.82 Å². The molecule has 2 aromatic rings. The molecule has 0 aliphatic carbocycles. The van der Waals surface area contributed by atoms with Crippen molar-refractivity contribution in [3.05, 3.63) is 34.9 Å². The van der Waals surface area contributed by atoms with Crippen LogP contribution in [0.2, 0.25) is 5.02 Å². The van der Waals surface area contributed by atoms with E-state index in [-0.39, 0.29) is 11.1 Å². The molecule has 0 amide bonds. The molecule has 0 fully saturated rings. The summed E-state index contributed by atoms with van der Waals surface area (Å²) in [6, 6.07) is 4.19. The summed E-state index contributed by atoms with van der Waals surface area (Å²) >= 11 is 5.67. The Bertz CT molecular complexity index is 527. The zero-order valence-electron chi connectivity index (χ0n) is 9.15. The molecule has 90 valence electrons. The summed E-state index contributed by atoms with van der Waals surface area (Å²) < 4.78 is 18.0. The summed E-state index contributed by atoms with van der Waals surface area (Å²) in [6.45, 7) is 1.85. The Hall–Kier alpha value is -1.46. The Morgan fingerprint density at radius 2 is 2.29 bits per heavy atom. The Morgan fingerprint density at radius 1 is 1.53 bits per heavy atom. The highest BCUT2D eigenvalue weighted by molar-refractivity contribution is 6.31. The number of nitrogens with two attached hydrogens (primary N) is 1. The predicted molar refractivity (Wildman–Crippen MR) is 62.1 cm³/mol. The van der Waals surface area contributed by atoms with E-state index in [1.807, 2.05) is 6.92 Å². The smallest absolute Gasteiger partial charge is 0.257 e. The first-order valence-corrected chi connectivity index (χ1v) is 5.47. The van der Waals surface area contributed by atoms with Gasteiger partial charge in [0.25, 0.3) is 5.89 Å². The van der Waals surface area contributed by atoms with Gasteiger partial charge in [-0.15, -0.1) is 0 Å². The van der Waals surface area contributed by atoms with Gasteiger partial charge in [-0.05, 0) is 25.1 Å². The SMILES string of the molecule is CC(N)Cc1noc(-c2ccc(F)c(Cl)c2)n1. The van der Waals surface area contributed by atoms with E-state index >= 15 is 0 Å². The van der Waals surface area contributed by atoms with Gasteiger partial charge in [-0.1, -0.05) is 16.8 Å². The predicted octanol–water partition coefficient (Wildman–Crippen LogP) is 2.42. The Kier molecular flexibility index (Phi) is 3.40. The van der Waals surface area contributed by atoms with Crippen LogP contribution < -0.4 is 5.73 Å². The molecule has 0 saturated heterocycles. The maximum absolute atomic E-state index is 13.0. The topological polar surface area (TPSA) is 64.9 Å². The van der Waals surface area contributed by atoms with Crippen LogP contribution >= 0.6 is 11.6 Å². The van der Waals surface area contributed by atoms with E-state index in [1.165, 1.54) is 18.2 Å². The van der Waals surface area contributed by atoms with E-state index in [0.29, 0.717) is 23.7 Å². The van der Waals surface area contributed by atoms with Gasteiger partial charge in [0.15, 0.2) is 5.82 Å². The molecule has 0 aliphatic heterocycles. The molecule has 0 radical (unpaired) electrons. The molecule has 0 bridgehead atoms. The lowest BCUT2D eigenvalue weighted by Gasteiger charge is -1.97. The highest BCUT2D eigenvalue weighted by Crippen LogP contribution is 2.23. The van der Waals surface area contributed by atoms with Crippen molar-refractivity contribution in [3.63, 3.8) is 0 Å². The van der Waals surface area contributed by atoms with Gasteiger partial charge in [-0.2, -0.15) is 4.98 Å². The maximum Gasteiger partial charge on any atom is 0.257 e. The van der Waals surface area contributed by atoms with Crippen molar-refractivity contribution in [3.8, 4) is 11.5 Å². The van der Waals surface area contributed by atoms with Gasteiger partial charge >= 0.3 is 0 Å².